The molecule has 4 aromatic rings. The average Bonchev–Trinajstić information content (AvgIpc) is 3.34. The van der Waals surface area contributed by atoms with E-state index in [1.165, 1.54) is 28.6 Å². The SMILES string of the molecule is COc1ccc(-c2nnc(SCc3noc(-c4ccc(F)cc4)n3)n2N)cc1. The minimum Gasteiger partial charge on any atom is -0.497 e. The van der Waals surface area contributed by atoms with Gasteiger partial charge in [0.05, 0.1) is 12.9 Å². The van der Waals surface area contributed by atoms with Crippen molar-refractivity contribution in [1.29, 1.82) is 0 Å². The number of rotatable bonds is 6. The Morgan fingerprint density at radius 3 is 2.50 bits per heavy atom. The fourth-order valence-corrected chi connectivity index (χ4v) is 3.16. The number of halogens is 1. The Balaban J connectivity index is 1.45. The molecule has 8 nitrogen and oxygen atoms in total. The highest BCUT2D eigenvalue weighted by molar-refractivity contribution is 7.98. The Morgan fingerprint density at radius 2 is 1.79 bits per heavy atom. The van der Waals surface area contributed by atoms with E-state index in [1.807, 2.05) is 24.3 Å². The monoisotopic (exact) mass is 398 g/mol. The number of hydrogen-bond acceptors (Lipinski definition) is 8. The summed E-state index contributed by atoms with van der Waals surface area (Å²) in [7, 11) is 1.61. The number of aromatic nitrogens is 5. The summed E-state index contributed by atoms with van der Waals surface area (Å²) in [5, 5.41) is 12.7. The number of nitrogen functional groups attached to an aromatic ring is 1. The first-order valence-corrected chi connectivity index (χ1v) is 9.19. The molecule has 0 spiro atoms. The number of hydrogen-bond donors (Lipinski definition) is 1. The summed E-state index contributed by atoms with van der Waals surface area (Å²) in [6.07, 6.45) is 0. The van der Waals surface area contributed by atoms with Gasteiger partial charge in [0.1, 0.15) is 11.6 Å². The van der Waals surface area contributed by atoms with Gasteiger partial charge in [-0.25, -0.2) is 9.07 Å². The standard InChI is InChI=1S/C18H15FN6O2S/c1-26-14-8-4-11(5-9-14)16-22-23-18(25(16)20)28-10-15-21-17(27-24-15)12-2-6-13(19)7-3-12/h2-9H,10,20H2,1H3. The van der Waals surface area contributed by atoms with Gasteiger partial charge < -0.3 is 15.1 Å². The molecule has 0 aliphatic rings. The molecule has 0 aliphatic heterocycles. The van der Waals surface area contributed by atoms with Crippen molar-refractivity contribution in [3.8, 4) is 28.6 Å². The Morgan fingerprint density at radius 1 is 1.07 bits per heavy atom. The van der Waals surface area contributed by atoms with E-state index in [2.05, 4.69) is 20.3 Å². The maximum Gasteiger partial charge on any atom is 0.257 e. The van der Waals surface area contributed by atoms with Gasteiger partial charge in [0.2, 0.25) is 5.16 Å². The Kier molecular flexibility index (Phi) is 4.94. The molecule has 2 aromatic carbocycles. The van der Waals surface area contributed by atoms with Gasteiger partial charge >= 0.3 is 0 Å². The Bertz CT molecular complexity index is 1080. The smallest absolute Gasteiger partial charge is 0.257 e. The Hall–Kier alpha value is -3.40. The van der Waals surface area contributed by atoms with Crippen LogP contribution in [0.4, 0.5) is 4.39 Å². The van der Waals surface area contributed by atoms with Crippen LogP contribution in [0.5, 0.6) is 5.75 Å². The lowest BCUT2D eigenvalue weighted by Crippen LogP contribution is -2.11. The second kappa shape index (κ2) is 7.69. The number of methoxy groups -OCH3 is 1. The summed E-state index contributed by atoms with van der Waals surface area (Å²) in [5.41, 5.74) is 1.47. The summed E-state index contributed by atoms with van der Waals surface area (Å²) in [5.74, 6) is 8.26. The van der Waals surface area contributed by atoms with Crippen molar-refractivity contribution in [2.75, 3.05) is 13.0 Å². The molecule has 28 heavy (non-hydrogen) atoms. The molecule has 142 valence electrons. The number of thioether (sulfide) groups is 1. The third kappa shape index (κ3) is 3.67. The fourth-order valence-electron chi connectivity index (χ4n) is 2.46. The van der Waals surface area contributed by atoms with Gasteiger partial charge in [0, 0.05) is 11.1 Å². The van der Waals surface area contributed by atoms with Gasteiger partial charge in [-0.05, 0) is 48.5 Å². The van der Waals surface area contributed by atoms with Crippen LogP contribution in [-0.4, -0.2) is 32.1 Å². The maximum atomic E-state index is 13.0. The molecule has 4 rings (SSSR count). The summed E-state index contributed by atoms with van der Waals surface area (Å²) in [6, 6.07) is 13.2. The van der Waals surface area contributed by atoms with E-state index in [4.69, 9.17) is 15.1 Å². The van der Waals surface area contributed by atoms with Crippen LogP contribution in [0.1, 0.15) is 5.82 Å². The highest BCUT2D eigenvalue weighted by Crippen LogP contribution is 2.26. The van der Waals surface area contributed by atoms with Crippen molar-refractivity contribution >= 4 is 11.8 Å². The predicted molar refractivity (Wildman–Crippen MR) is 101 cm³/mol. The third-order valence-corrected chi connectivity index (χ3v) is 4.84. The summed E-state index contributed by atoms with van der Waals surface area (Å²) in [4.78, 5) is 4.31. The first-order valence-electron chi connectivity index (χ1n) is 8.20. The molecule has 10 heteroatoms. The first kappa shape index (κ1) is 18.0. The van der Waals surface area contributed by atoms with Crippen LogP contribution in [0.2, 0.25) is 0 Å². The summed E-state index contributed by atoms with van der Waals surface area (Å²) >= 11 is 1.33. The van der Waals surface area contributed by atoms with Crippen LogP contribution in [-0.2, 0) is 5.75 Å². The molecule has 2 aromatic heterocycles. The molecule has 2 N–H and O–H groups in total. The van der Waals surface area contributed by atoms with Crippen LogP contribution in [0, 0.1) is 5.82 Å². The molecule has 0 radical (unpaired) electrons. The average molecular weight is 398 g/mol. The van der Waals surface area contributed by atoms with Crippen LogP contribution in [0.25, 0.3) is 22.8 Å². The highest BCUT2D eigenvalue weighted by atomic mass is 32.2. The van der Waals surface area contributed by atoms with Crippen molar-refractivity contribution in [1.82, 2.24) is 25.0 Å². The third-order valence-electron chi connectivity index (χ3n) is 3.90. The molecular formula is C18H15FN6O2S. The Labute approximate surface area is 163 Å². The quantitative estimate of drug-likeness (QED) is 0.390. The van der Waals surface area contributed by atoms with E-state index in [-0.39, 0.29) is 5.82 Å². The number of ether oxygens (including phenoxy) is 1. The maximum absolute atomic E-state index is 13.0. The van der Waals surface area contributed by atoms with E-state index in [0.717, 1.165) is 11.3 Å². The normalized spacial score (nSPS) is 10.9. The highest BCUT2D eigenvalue weighted by Gasteiger charge is 2.15. The van der Waals surface area contributed by atoms with E-state index in [9.17, 15) is 4.39 Å². The van der Waals surface area contributed by atoms with Gasteiger partial charge in [0.25, 0.3) is 5.89 Å². The van der Waals surface area contributed by atoms with Crippen molar-refractivity contribution in [2.24, 2.45) is 0 Å². The second-order valence-electron chi connectivity index (χ2n) is 5.72. The number of benzene rings is 2. The van der Waals surface area contributed by atoms with Crippen molar-refractivity contribution < 1.29 is 13.7 Å². The predicted octanol–water partition coefficient (Wildman–Crippen LogP) is 3.15. The van der Waals surface area contributed by atoms with Crippen LogP contribution >= 0.6 is 11.8 Å². The number of nitrogens with zero attached hydrogens (tertiary/aromatic N) is 5. The molecule has 0 unspecified atom stereocenters. The van der Waals surface area contributed by atoms with Gasteiger partial charge in [-0.3, -0.25) is 0 Å². The molecule has 0 bridgehead atoms. The molecule has 0 saturated carbocycles. The molecule has 0 saturated heterocycles. The first-order chi connectivity index (χ1) is 13.6. The van der Waals surface area contributed by atoms with Gasteiger partial charge in [-0.2, -0.15) is 4.98 Å². The van der Waals surface area contributed by atoms with Gasteiger partial charge in [-0.15, -0.1) is 10.2 Å². The van der Waals surface area contributed by atoms with E-state index < -0.39 is 0 Å². The zero-order valence-corrected chi connectivity index (χ0v) is 15.6. The minimum atomic E-state index is -0.325. The zero-order chi connectivity index (χ0) is 19.5. The molecular weight excluding hydrogens is 383 g/mol. The van der Waals surface area contributed by atoms with Crippen molar-refractivity contribution in [3.05, 3.63) is 60.2 Å². The van der Waals surface area contributed by atoms with Crippen LogP contribution < -0.4 is 10.6 Å². The van der Waals surface area contributed by atoms with Crippen LogP contribution in [0.15, 0.2) is 58.2 Å². The van der Waals surface area contributed by atoms with E-state index in [1.54, 1.807) is 19.2 Å². The molecule has 0 fully saturated rings. The molecule has 0 atom stereocenters. The largest absolute Gasteiger partial charge is 0.497 e. The summed E-state index contributed by atoms with van der Waals surface area (Å²) in [6.45, 7) is 0. The van der Waals surface area contributed by atoms with Gasteiger partial charge in [0.15, 0.2) is 11.6 Å². The lowest BCUT2D eigenvalue weighted by molar-refractivity contribution is 0.415. The molecule has 0 amide bonds. The zero-order valence-electron chi connectivity index (χ0n) is 14.7. The lowest BCUT2D eigenvalue weighted by Gasteiger charge is -2.04. The number of nitrogens with two attached hydrogens (primary N) is 1. The molecule has 0 aliphatic carbocycles. The second-order valence-corrected chi connectivity index (χ2v) is 6.66. The summed E-state index contributed by atoms with van der Waals surface area (Å²) < 4.78 is 24.8. The topological polar surface area (TPSA) is 105 Å². The minimum absolute atomic E-state index is 0.323. The lowest BCUT2D eigenvalue weighted by atomic mass is 10.2. The van der Waals surface area contributed by atoms with Crippen LogP contribution in [0.3, 0.4) is 0 Å². The van der Waals surface area contributed by atoms with Crippen molar-refractivity contribution in [2.45, 2.75) is 10.9 Å². The van der Waals surface area contributed by atoms with Crippen molar-refractivity contribution in [3.63, 3.8) is 0 Å². The van der Waals surface area contributed by atoms with E-state index >= 15 is 0 Å². The van der Waals surface area contributed by atoms with Gasteiger partial charge in [-0.1, -0.05) is 16.9 Å². The fraction of sp³-hybridized carbons (Fsp3) is 0.111. The molecule has 2 heterocycles. The van der Waals surface area contributed by atoms with E-state index in [0.29, 0.717) is 34.0 Å².